The zero-order valence-corrected chi connectivity index (χ0v) is 15.2. The van der Waals surface area contributed by atoms with Gasteiger partial charge >= 0.3 is 5.97 Å². The van der Waals surface area contributed by atoms with E-state index in [2.05, 4.69) is 61.6 Å². The van der Waals surface area contributed by atoms with Gasteiger partial charge in [0.15, 0.2) is 0 Å². The molecule has 2 heteroatoms. The first kappa shape index (κ1) is 21.9. The first-order valence-electron chi connectivity index (χ1n) is 8.89. The average Bonchev–Trinajstić information content (AvgIpc) is 2.58. The highest BCUT2D eigenvalue weighted by molar-refractivity contribution is 5.81. The van der Waals surface area contributed by atoms with Crippen LogP contribution in [0.1, 0.15) is 52.4 Å². The molecule has 0 N–H and O–H groups in total. The van der Waals surface area contributed by atoms with Crippen LogP contribution in [0.2, 0.25) is 0 Å². The first-order chi connectivity index (χ1) is 11.8. The Morgan fingerprint density at radius 1 is 0.625 bits per heavy atom. The third kappa shape index (κ3) is 18.0. The molecule has 0 saturated carbocycles. The van der Waals surface area contributed by atoms with E-state index >= 15 is 0 Å². The number of rotatable bonds is 13. The Morgan fingerprint density at radius 3 is 1.38 bits per heavy atom. The Labute approximate surface area is 148 Å². The van der Waals surface area contributed by atoms with E-state index in [-0.39, 0.29) is 5.97 Å². The van der Waals surface area contributed by atoms with Crippen LogP contribution in [0, 0.1) is 0 Å². The molecule has 0 radical (unpaired) electrons. The van der Waals surface area contributed by atoms with Crippen molar-refractivity contribution in [1.29, 1.82) is 0 Å². The first-order valence-corrected chi connectivity index (χ1v) is 8.89. The minimum absolute atomic E-state index is 0.273. The van der Waals surface area contributed by atoms with Gasteiger partial charge in [0.1, 0.15) is 0 Å². The summed E-state index contributed by atoms with van der Waals surface area (Å²) in [6, 6.07) is 0. The molecule has 132 valence electrons. The van der Waals surface area contributed by atoms with E-state index in [1.807, 2.05) is 12.2 Å². The molecule has 2 nitrogen and oxygen atoms in total. The van der Waals surface area contributed by atoms with Gasteiger partial charge in [0.2, 0.25) is 0 Å². The summed E-state index contributed by atoms with van der Waals surface area (Å²) in [5.74, 6) is -0.273. The number of carbonyl (C=O) groups excluding carboxylic acids is 1. The molecule has 0 saturated heterocycles. The smallest absolute Gasteiger partial charge is 0.330 e. The quantitative estimate of drug-likeness (QED) is 0.227. The third-order valence-electron chi connectivity index (χ3n) is 2.97. The van der Waals surface area contributed by atoms with E-state index in [1.165, 1.54) is 6.08 Å². The van der Waals surface area contributed by atoms with Crippen molar-refractivity contribution in [3.8, 4) is 0 Å². The highest BCUT2D eigenvalue weighted by atomic mass is 16.5. The third-order valence-corrected chi connectivity index (χ3v) is 2.97. The minimum atomic E-state index is -0.273. The fourth-order valence-corrected chi connectivity index (χ4v) is 1.78. The number of hydrogen-bond acceptors (Lipinski definition) is 2. The number of hydrogen-bond donors (Lipinski definition) is 0. The molecule has 0 bridgehead atoms. The second-order valence-corrected chi connectivity index (χ2v) is 5.10. The summed E-state index contributed by atoms with van der Waals surface area (Å²) in [7, 11) is 0. The largest absolute Gasteiger partial charge is 0.463 e. The van der Waals surface area contributed by atoms with E-state index < -0.39 is 0 Å². The average molecular weight is 328 g/mol. The maximum Gasteiger partial charge on any atom is 0.330 e. The molecule has 24 heavy (non-hydrogen) atoms. The van der Waals surface area contributed by atoms with E-state index in [9.17, 15) is 4.79 Å². The van der Waals surface area contributed by atoms with Crippen LogP contribution in [0.25, 0.3) is 0 Å². The maximum atomic E-state index is 11.0. The van der Waals surface area contributed by atoms with Crippen LogP contribution in [0.3, 0.4) is 0 Å². The van der Waals surface area contributed by atoms with Crippen LogP contribution in [-0.4, -0.2) is 12.6 Å². The van der Waals surface area contributed by atoms with Crippen LogP contribution in [0.4, 0.5) is 0 Å². The van der Waals surface area contributed by atoms with Gasteiger partial charge in [-0.3, -0.25) is 0 Å². The summed E-state index contributed by atoms with van der Waals surface area (Å²) >= 11 is 0. The topological polar surface area (TPSA) is 26.3 Å². The molecule has 0 aromatic carbocycles. The number of carbonyl (C=O) groups is 1. The molecule has 0 atom stereocenters. The standard InChI is InChI=1S/C22H32O2/c1-3-5-6-7-8-9-10-11-12-13-14-15-16-17-18-19-20-21-22(23)24-4-2/h5-6,8-9,11-12,14-15,17-18,20-21H,3-4,7,10,13,16,19H2,1-2H3/b6-5-,9-8-,12-11-,15-14-,18-17-,21-20-. The monoisotopic (exact) mass is 328 g/mol. The fourth-order valence-electron chi connectivity index (χ4n) is 1.78. The second kappa shape index (κ2) is 19.0. The van der Waals surface area contributed by atoms with Crippen molar-refractivity contribution in [1.82, 2.24) is 0 Å². The zero-order valence-electron chi connectivity index (χ0n) is 15.2. The van der Waals surface area contributed by atoms with Gasteiger partial charge < -0.3 is 4.74 Å². The second-order valence-electron chi connectivity index (χ2n) is 5.10. The fraction of sp³-hybridized carbons (Fsp3) is 0.409. The maximum absolute atomic E-state index is 11.0. The van der Waals surface area contributed by atoms with Crippen molar-refractivity contribution in [2.45, 2.75) is 52.4 Å². The highest BCUT2D eigenvalue weighted by Gasteiger charge is 1.90. The van der Waals surface area contributed by atoms with E-state index in [4.69, 9.17) is 4.74 Å². The molecule has 0 aromatic heterocycles. The molecular formula is C22H32O2. The molecule has 0 rings (SSSR count). The van der Waals surface area contributed by atoms with Crippen LogP contribution in [0.5, 0.6) is 0 Å². The van der Waals surface area contributed by atoms with Gasteiger partial charge in [-0.2, -0.15) is 0 Å². The molecule has 0 spiro atoms. The van der Waals surface area contributed by atoms with Crippen molar-refractivity contribution >= 4 is 5.97 Å². The van der Waals surface area contributed by atoms with Crippen LogP contribution in [0.15, 0.2) is 72.9 Å². The summed E-state index contributed by atoms with van der Waals surface area (Å²) in [6.07, 6.45) is 30.7. The molecule has 0 unspecified atom stereocenters. The molecular weight excluding hydrogens is 296 g/mol. The molecule has 0 aliphatic carbocycles. The van der Waals surface area contributed by atoms with Crippen molar-refractivity contribution in [2.75, 3.05) is 6.61 Å². The van der Waals surface area contributed by atoms with Gasteiger partial charge in [-0.05, 0) is 45.4 Å². The lowest BCUT2D eigenvalue weighted by Gasteiger charge is -1.93. The Morgan fingerprint density at radius 2 is 1.00 bits per heavy atom. The van der Waals surface area contributed by atoms with Crippen molar-refractivity contribution < 1.29 is 9.53 Å². The number of allylic oxidation sites excluding steroid dienone is 11. The van der Waals surface area contributed by atoms with E-state index in [0.29, 0.717) is 6.61 Å². The predicted molar refractivity (Wildman–Crippen MR) is 105 cm³/mol. The lowest BCUT2D eigenvalue weighted by atomic mass is 10.2. The normalized spacial score (nSPS) is 12.9. The summed E-state index contributed by atoms with van der Waals surface area (Å²) in [5, 5.41) is 0. The molecule has 0 fully saturated rings. The van der Waals surface area contributed by atoms with Gasteiger partial charge in [0.05, 0.1) is 6.61 Å². The Kier molecular flexibility index (Phi) is 17.3. The molecule has 0 aromatic rings. The number of ether oxygens (including phenoxy) is 1. The summed E-state index contributed by atoms with van der Waals surface area (Å²) in [4.78, 5) is 11.0. The van der Waals surface area contributed by atoms with Gasteiger partial charge in [-0.1, -0.05) is 73.8 Å². The molecule has 0 amide bonds. The van der Waals surface area contributed by atoms with E-state index in [0.717, 1.165) is 38.5 Å². The van der Waals surface area contributed by atoms with Crippen LogP contribution >= 0.6 is 0 Å². The summed E-state index contributed by atoms with van der Waals surface area (Å²) in [6.45, 7) is 4.37. The lowest BCUT2D eigenvalue weighted by molar-refractivity contribution is -0.137. The van der Waals surface area contributed by atoms with Crippen molar-refractivity contribution in [3.05, 3.63) is 72.9 Å². The Bertz CT molecular complexity index is 462. The minimum Gasteiger partial charge on any atom is -0.463 e. The SMILES string of the molecule is CC/C=C\C/C=C\C/C=C\C/C=C\C/C=C\C/C=C\C(=O)OCC. The lowest BCUT2D eigenvalue weighted by Crippen LogP contribution is -1.98. The highest BCUT2D eigenvalue weighted by Crippen LogP contribution is 1.96. The van der Waals surface area contributed by atoms with Gasteiger partial charge in [0.25, 0.3) is 0 Å². The molecule has 0 heterocycles. The summed E-state index contributed by atoms with van der Waals surface area (Å²) < 4.78 is 4.80. The van der Waals surface area contributed by atoms with Crippen molar-refractivity contribution in [2.24, 2.45) is 0 Å². The molecule has 0 aliphatic heterocycles. The summed E-state index contributed by atoms with van der Waals surface area (Å²) in [5.41, 5.74) is 0. The molecule has 0 aliphatic rings. The Balaban J connectivity index is 3.58. The Hall–Kier alpha value is -2.09. The number of esters is 1. The van der Waals surface area contributed by atoms with Gasteiger partial charge in [-0.25, -0.2) is 4.79 Å². The van der Waals surface area contributed by atoms with Crippen molar-refractivity contribution in [3.63, 3.8) is 0 Å². The zero-order chi connectivity index (χ0) is 17.7. The van der Waals surface area contributed by atoms with Crippen LogP contribution < -0.4 is 0 Å². The van der Waals surface area contributed by atoms with Gasteiger partial charge in [-0.15, -0.1) is 0 Å². The predicted octanol–water partition coefficient (Wildman–Crippen LogP) is 6.25. The van der Waals surface area contributed by atoms with Gasteiger partial charge in [0, 0.05) is 6.08 Å². The van der Waals surface area contributed by atoms with Crippen LogP contribution in [-0.2, 0) is 9.53 Å². The van der Waals surface area contributed by atoms with E-state index in [1.54, 1.807) is 6.92 Å².